The Morgan fingerprint density at radius 2 is 1.60 bits per heavy atom. The predicted octanol–water partition coefficient (Wildman–Crippen LogP) is 3.57. The van der Waals surface area contributed by atoms with Crippen LogP contribution in [0.4, 0.5) is 8.78 Å². The standard InChI is InChI=1S/C17H17F2N/c18-14-8-12(9-15(19)11-14)10-16(20)17(6-7-17)13-4-2-1-3-5-13/h1-5,8-9,11,16H,6-7,10,20H2. The number of benzene rings is 2. The van der Waals surface area contributed by atoms with Crippen LogP contribution in [-0.4, -0.2) is 6.04 Å². The maximum absolute atomic E-state index is 13.2. The number of rotatable bonds is 4. The van der Waals surface area contributed by atoms with Crippen LogP contribution < -0.4 is 5.73 Å². The SMILES string of the molecule is NC(Cc1cc(F)cc(F)c1)C1(c2ccccc2)CC1. The van der Waals surface area contributed by atoms with Crippen LogP contribution in [0, 0.1) is 11.6 Å². The molecule has 2 aromatic rings. The Morgan fingerprint density at radius 3 is 2.15 bits per heavy atom. The minimum absolute atomic E-state index is 0.0238. The van der Waals surface area contributed by atoms with E-state index >= 15 is 0 Å². The van der Waals surface area contributed by atoms with E-state index in [4.69, 9.17) is 5.73 Å². The van der Waals surface area contributed by atoms with E-state index in [9.17, 15) is 8.78 Å². The lowest BCUT2D eigenvalue weighted by molar-refractivity contribution is 0.509. The number of nitrogens with two attached hydrogens (primary N) is 1. The zero-order valence-electron chi connectivity index (χ0n) is 11.2. The first-order valence-corrected chi connectivity index (χ1v) is 6.86. The first-order chi connectivity index (χ1) is 9.60. The molecule has 1 aliphatic rings. The van der Waals surface area contributed by atoms with Crippen molar-refractivity contribution in [3.63, 3.8) is 0 Å². The van der Waals surface area contributed by atoms with Crippen molar-refractivity contribution in [2.75, 3.05) is 0 Å². The normalized spacial score (nSPS) is 17.8. The average Bonchev–Trinajstić information content (AvgIpc) is 3.20. The summed E-state index contributed by atoms with van der Waals surface area (Å²) in [7, 11) is 0. The summed E-state index contributed by atoms with van der Waals surface area (Å²) in [6, 6.07) is 13.7. The van der Waals surface area contributed by atoms with Gasteiger partial charge in [0.2, 0.25) is 0 Å². The molecule has 0 saturated heterocycles. The van der Waals surface area contributed by atoms with Gasteiger partial charge in [-0.15, -0.1) is 0 Å². The van der Waals surface area contributed by atoms with Gasteiger partial charge in [-0.1, -0.05) is 30.3 Å². The molecule has 1 atom stereocenters. The summed E-state index contributed by atoms with van der Waals surface area (Å²) in [5, 5.41) is 0. The molecule has 0 spiro atoms. The molecule has 1 aliphatic carbocycles. The van der Waals surface area contributed by atoms with Gasteiger partial charge in [-0.05, 0) is 42.5 Å². The molecule has 0 amide bonds. The molecule has 2 N–H and O–H groups in total. The molecule has 2 aromatic carbocycles. The van der Waals surface area contributed by atoms with Crippen molar-refractivity contribution in [1.82, 2.24) is 0 Å². The summed E-state index contributed by atoms with van der Waals surface area (Å²) in [5.74, 6) is -1.09. The summed E-state index contributed by atoms with van der Waals surface area (Å²) in [6.07, 6.45) is 2.57. The second-order valence-electron chi connectivity index (χ2n) is 5.61. The van der Waals surface area contributed by atoms with Crippen LogP contribution in [0.15, 0.2) is 48.5 Å². The highest BCUT2D eigenvalue weighted by Crippen LogP contribution is 2.50. The first kappa shape index (κ1) is 13.3. The van der Waals surface area contributed by atoms with Crippen molar-refractivity contribution in [2.45, 2.75) is 30.7 Å². The lowest BCUT2D eigenvalue weighted by Gasteiger charge is -2.24. The lowest BCUT2D eigenvalue weighted by Crippen LogP contribution is -2.36. The maximum Gasteiger partial charge on any atom is 0.126 e. The van der Waals surface area contributed by atoms with E-state index < -0.39 is 11.6 Å². The Kier molecular flexibility index (Phi) is 3.30. The van der Waals surface area contributed by atoms with Gasteiger partial charge in [0, 0.05) is 17.5 Å². The lowest BCUT2D eigenvalue weighted by atomic mass is 9.85. The van der Waals surface area contributed by atoms with Gasteiger partial charge in [0.25, 0.3) is 0 Å². The van der Waals surface area contributed by atoms with E-state index in [1.54, 1.807) is 0 Å². The smallest absolute Gasteiger partial charge is 0.126 e. The van der Waals surface area contributed by atoms with Crippen molar-refractivity contribution < 1.29 is 8.78 Å². The molecule has 0 radical (unpaired) electrons. The van der Waals surface area contributed by atoms with Gasteiger partial charge in [-0.2, -0.15) is 0 Å². The molecule has 3 heteroatoms. The van der Waals surface area contributed by atoms with E-state index in [1.807, 2.05) is 18.2 Å². The highest BCUT2D eigenvalue weighted by molar-refractivity contribution is 5.35. The third kappa shape index (κ3) is 2.46. The minimum Gasteiger partial charge on any atom is -0.327 e. The Bertz CT molecular complexity index is 585. The Labute approximate surface area is 117 Å². The molecule has 1 fully saturated rings. The molecule has 1 nitrogen and oxygen atoms in total. The zero-order valence-corrected chi connectivity index (χ0v) is 11.2. The second-order valence-corrected chi connectivity index (χ2v) is 5.61. The summed E-state index contributed by atoms with van der Waals surface area (Å²) in [6.45, 7) is 0. The average molecular weight is 273 g/mol. The van der Waals surface area contributed by atoms with Gasteiger partial charge in [0.05, 0.1) is 0 Å². The molecule has 3 rings (SSSR count). The highest BCUT2D eigenvalue weighted by atomic mass is 19.1. The predicted molar refractivity (Wildman–Crippen MR) is 75.4 cm³/mol. The quantitative estimate of drug-likeness (QED) is 0.905. The fraction of sp³-hybridized carbons (Fsp3) is 0.294. The van der Waals surface area contributed by atoms with Gasteiger partial charge in [0.1, 0.15) is 11.6 Å². The third-order valence-corrected chi connectivity index (χ3v) is 4.23. The van der Waals surface area contributed by atoms with Crippen LogP contribution in [0.5, 0.6) is 0 Å². The fourth-order valence-electron chi connectivity index (χ4n) is 2.96. The molecule has 1 saturated carbocycles. The van der Waals surface area contributed by atoms with Crippen LogP contribution in [-0.2, 0) is 11.8 Å². The second kappa shape index (κ2) is 4.98. The maximum atomic E-state index is 13.2. The molecule has 104 valence electrons. The van der Waals surface area contributed by atoms with Crippen molar-refractivity contribution in [2.24, 2.45) is 5.73 Å². The summed E-state index contributed by atoms with van der Waals surface area (Å²) in [5.41, 5.74) is 8.16. The number of hydrogen-bond donors (Lipinski definition) is 1. The van der Waals surface area contributed by atoms with Crippen molar-refractivity contribution in [3.05, 3.63) is 71.3 Å². The molecule has 20 heavy (non-hydrogen) atoms. The first-order valence-electron chi connectivity index (χ1n) is 6.86. The minimum atomic E-state index is -0.545. The molecular weight excluding hydrogens is 256 g/mol. The van der Waals surface area contributed by atoms with Crippen LogP contribution in [0.3, 0.4) is 0 Å². The topological polar surface area (TPSA) is 26.0 Å². The molecule has 0 aliphatic heterocycles. The zero-order chi connectivity index (χ0) is 14.2. The Hall–Kier alpha value is -1.74. The molecule has 1 unspecified atom stereocenters. The van der Waals surface area contributed by atoms with Crippen molar-refractivity contribution in [3.8, 4) is 0 Å². The third-order valence-electron chi connectivity index (χ3n) is 4.23. The van der Waals surface area contributed by atoms with Crippen molar-refractivity contribution in [1.29, 1.82) is 0 Å². The Morgan fingerprint density at radius 1 is 1.00 bits per heavy atom. The Balaban J connectivity index is 1.81. The van der Waals surface area contributed by atoms with Crippen molar-refractivity contribution >= 4 is 0 Å². The fourth-order valence-corrected chi connectivity index (χ4v) is 2.96. The molecule has 0 aromatic heterocycles. The number of halogens is 2. The van der Waals surface area contributed by atoms with Crippen LogP contribution in [0.25, 0.3) is 0 Å². The van der Waals surface area contributed by atoms with Crippen LogP contribution >= 0.6 is 0 Å². The van der Waals surface area contributed by atoms with Gasteiger partial charge in [0.15, 0.2) is 0 Å². The van der Waals surface area contributed by atoms with Gasteiger partial charge >= 0.3 is 0 Å². The van der Waals surface area contributed by atoms with E-state index in [0.29, 0.717) is 12.0 Å². The summed E-state index contributed by atoms with van der Waals surface area (Å²) < 4.78 is 26.5. The highest BCUT2D eigenvalue weighted by Gasteiger charge is 2.48. The molecule has 0 bridgehead atoms. The monoisotopic (exact) mass is 273 g/mol. The van der Waals surface area contributed by atoms with E-state index in [-0.39, 0.29) is 11.5 Å². The molecule has 0 heterocycles. The van der Waals surface area contributed by atoms with Gasteiger partial charge < -0.3 is 5.73 Å². The summed E-state index contributed by atoms with van der Waals surface area (Å²) >= 11 is 0. The van der Waals surface area contributed by atoms with Crippen LogP contribution in [0.2, 0.25) is 0 Å². The van der Waals surface area contributed by atoms with Gasteiger partial charge in [-0.25, -0.2) is 8.78 Å². The van der Waals surface area contributed by atoms with E-state index in [1.165, 1.54) is 17.7 Å². The summed E-state index contributed by atoms with van der Waals surface area (Å²) in [4.78, 5) is 0. The molecular formula is C17H17F2N. The van der Waals surface area contributed by atoms with E-state index in [2.05, 4.69) is 12.1 Å². The largest absolute Gasteiger partial charge is 0.327 e. The number of hydrogen-bond acceptors (Lipinski definition) is 1. The van der Waals surface area contributed by atoms with E-state index in [0.717, 1.165) is 18.9 Å². The van der Waals surface area contributed by atoms with Crippen LogP contribution in [0.1, 0.15) is 24.0 Å². The van der Waals surface area contributed by atoms with Gasteiger partial charge in [-0.3, -0.25) is 0 Å².